The van der Waals surface area contributed by atoms with Crippen molar-refractivity contribution in [3.05, 3.63) is 0 Å². The van der Waals surface area contributed by atoms with Crippen LogP contribution in [0.4, 0.5) is 0 Å². The van der Waals surface area contributed by atoms with Crippen molar-refractivity contribution in [2.75, 3.05) is 6.26 Å². The van der Waals surface area contributed by atoms with Gasteiger partial charge in [-0.1, -0.05) is 26.7 Å². The lowest BCUT2D eigenvalue weighted by atomic mass is 9.80. The molecule has 0 amide bonds. The molecule has 0 heterocycles. The largest absolute Gasteiger partial charge is 0.213 e. The van der Waals surface area contributed by atoms with Crippen molar-refractivity contribution in [1.29, 1.82) is 0 Å². The third-order valence-electron chi connectivity index (χ3n) is 3.04. The number of hydrogen-bond acceptors (Lipinski definition) is 2. The quantitative estimate of drug-likeness (QED) is 0.786. The van der Waals surface area contributed by atoms with Gasteiger partial charge in [-0.05, 0) is 24.7 Å². The average Bonchev–Trinajstić information content (AvgIpc) is 2.01. The van der Waals surface area contributed by atoms with E-state index in [1.54, 1.807) is 0 Å². The lowest BCUT2D eigenvalue weighted by molar-refractivity contribution is 0.246. The van der Waals surface area contributed by atoms with Crippen LogP contribution in [0, 0.1) is 11.8 Å². The molecule has 2 atom stereocenters. The summed E-state index contributed by atoms with van der Waals surface area (Å²) in [4.78, 5) is 0. The van der Waals surface area contributed by atoms with Crippen LogP contribution < -0.4 is 4.72 Å². The van der Waals surface area contributed by atoms with Gasteiger partial charge in [0.15, 0.2) is 0 Å². The summed E-state index contributed by atoms with van der Waals surface area (Å²) in [5.41, 5.74) is 0. The predicted octanol–water partition coefficient (Wildman–Crippen LogP) is 1.75. The summed E-state index contributed by atoms with van der Waals surface area (Å²) in [6.45, 7) is 4.43. The number of hydrogen-bond donors (Lipinski definition) is 1. The second-order valence-electron chi connectivity index (χ2n) is 4.76. The molecular weight excluding hydrogens is 198 g/mol. The zero-order chi connectivity index (χ0) is 10.8. The van der Waals surface area contributed by atoms with Crippen LogP contribution in [0.2, 0.25) is 0 Å². The number of rotatable bonds is 3. The van der Waals surface area contributed by atoms with Crippen molar-refractivity contribution < 1.29 is 8.42 Å². The Balaban J connectivity index is 2.48. The summed E-state index contributed by atoms with van der Waals surface area (Å²) in [7, 11) is -3.02. The number of nitrogens with one attached hydrogen (secondary N) is 1. The first-order valence-electron chi connectivity index (χ1n) is 5.36. The summed E-state index contributed by atoms with van der Waals surface area (Å²) in [5.74, 6) is 1.35. The van der Waals surface area contributed by atoms with Crippen molar-refractivity contribution in [3.8, 4) is 0 Å². The van der Waals surface area contributed by atoms with E-state index in [1.165, 1.54) is 12.7 Å². The van der Waals surface area contributed by atoms with Crippen LogP contribution in [0.5, 0.6) is 0 Å². The molecule has 1 rings (SSSR count). The molecule has 0 unspecified atom stereocenters. The summed E-state index contributed by atoms with van der Waals surface area (Å²) < 4.78 is 24.8. The number of sulfonamides is 1. The van der Waals surface area contributed by atoms with Crippen molar-refractivity contribution in [2.24, 2.45) is 11.8 Å². The normalized spacial score (nSPS) is 29.4. The smallest absolute Gasteiger partial charge is 0.208 e. The van der Waals surface area contributed by atoms with E-state index in [0.717, 1.165) is 19.3 Å². The van der Waals surface area contributed by atoms with Crippen LogP contribution >= 0.6 is 0 Å². The SMILES string of the molecule is CC(C)[C@H]1CCC[C@@H](NS(C)(=O)=O)C1. The van der Waals surface area contributed by atoms with Gasteiger partial charge < -0.3 is 0 Å². The summed E-state index contributed by atoms with van der Waals surface area (Å²) in [5, 5.41) is 0. The minimum Gasteiger partial charge on any atom is -0.213 e. The molecule has 0 spiro atoms. The molecule has 0 aromatic rings. The van der Waals surface area contributed by atoms with Crippen molar-refractivity contribution in [1.82, 2.24) is 4.72 Å². The highest BCUT2D eigenvalue weighted by molar-refractivity contribution is 7.88. The van der Waals surface area contributed by atoms with Gasteiger partial charge in [0, 0.05) is 6.04 Å². The van der Waals surface area contributed by atoms with Crippen molar-refractivity contribution in [2.45, 2.75) is 45.6 Å². The Morgan fingerprint density at radius 2 is 1.93 bits per heavy atom. The third kappa shape index (κ3) is 3.96. The Morgan fingerprint density at radius 1 is 1.29 bits per heavy atom. The molecule has 4 heteroatoms. The van der Waals surface area contributed by atoms with E-state index >= 15 is 0 Å². The van der Waals surface area contributed by atoms with E-state index in [1.807, 2.05) is 0 Å². The van der Waals surface area contributed by atoms with Gasteiger partial charge in [0.25, 0.3) is 0 Å². The Hall–Kier alpha value is -0.0900. The maximum atomic E-state index is 11.1. The molecular formula is C10H21NO2S. The van der Waals surface area contributed by atoms with Crippen LogP contribution in [-0.4, -0.2) is 20.7 Å². The molecule has 0 radical (unpaired) electrons. The van der Waals surface area contributed by atoms with E-state index in [9.17, 15) is 8.42 Å². The second kappa shape index (κ2) is 4.62. The van der Waals surface area contributed by atoms with E-state index in [-0.39, 0.29) is 6.04 Å². The van der Waals surface area contributed by atoms with E-state index in [0.29, 0.717) is 11.8 Å². The van der Waals surface area contributed by atoms with Crippen molar-refractivity contribution >= 4 is 10.0 Å². The first-order chi connectivity index (χ1) is 6.38. The molecule has 1 saturated carbocycles. The Bertz CT molecular complexity index is 272. The van der Waals surface area contributed by atoms with E-state index < -0.39 is 10.0 Å². The molecule has 1 aliphatic rings. The topological polar surface area (TPSA) is 46.2 Å². The fourth-order valence-corrected chi connectivity index (χ4v) is 3.06. The fraction of sp³-hybridized carbons (Fsp3) is 1.00. The van der Waals surface area contributed by atoms with E-state index in [4.69, 9.17) is 0 Å². The molecule has 1 fully saturated rings. The van der Waals surface area contributed by atoms with Crippen LogP contribution in [0.3, 0.4) is 0 Å². The summed E-state index contributed by atoms with van der Waals surface area (Å²) in [6.07, 6.45) is 5.64. The monoisotopic (exact) mass is 219 g/mol. The zero-order valence-corrected chi connectivity index (χ0v) is 10.1. The fourth-order valence-electron chi connectivity index (χ4n) is 2.24. The first-order valence-corrected chi connectivity index (χ1v) is 7.25. The zero-order valence-electron chi connectivity index (χ0n) is 9.29. The van der Waals surface area contributed by atoms with Crippen LogP contribution in [0.25, 0.3) is 0 Å². The average molecular weight is 219 g/mol. The molecule has 0 aromatic heterocycles. The summed E-state index contributed by atoms with van der Waals surface area (Å²) in [6, 6.07) is 0.172. The Kier molecular flexibility index (Phi) is 3.95. The molecule has 0 aliphatic heterocycles. The minimum absolute atomic E-state index is 0.172. The van der Waals surface area contributed by atoms with Gasteiger partial charge in [-0.15, -0.1) is 0 Å². The van der Waals surface area contributed by atoms with Gasteiger partial charge in [0.2, 0.25) is 10.0 Å². The van der Waals surface area contributed by atoms with Crippen LogP contribution in [0.1, 0.15) is 39.5 Å². The molecule has 0 bridgehead atoms. The Labute approximate surface area is 87.3 Å². The molecule has 0 saturated heterocycles. The van der Waals surface area contributed by atoms with Gasteiger partial charge in [-0.25, -0.2) is 13.1 Å². The highest BCUT2D eigenvalue weighted by atomic mass is 32.2. The molecule has 14 heavy (non-hydrogen) atoms. The molecule has 1 N–H and O–H groups in total. The maximum Gasteiger partial charge on any atom is 0.208 e. The highest BCUT2D eigenvalue weighted by Crippen LogP contribution is 2.29. The lowest BCUT2D eigenvalue weighted by Gasteiger charge is -2.31. The molecule has 84 valence electrons. The minimum atomic E-state index is -3.02. The van der Waals surface area contributed by atoms with Gasteiger partial charge in [0.1, 0.15) is 0 Å². The molecule has 0 aromatic carbocycles. The van der Waals surface area contributed by atoms with E-state index in [2.05, 4.69) is 18.6 Å². The van der Waals surface area contributed by atoms with Gasteiger partial charge >= 0.3 is 0 Å². The van der Waals surface area contributed by atoms with Gasteiger partial charge in [0.05, 0.1) is 6.26 Å². The third-order valence-corrected chi connectivity index (χ3v) is 3.80. The molecule has 1 aliphatic carbocycles. The van der Waals surface area contributed by atoms with Gasteiger partial charge in [-0.2, -0.15) is 0 Å². The van der Waals surface area contributed by atoms with Crippen LogP contribution in [0.15, 0.2) is 0 Å². The summed E-state index contributed by atoms with van der Waals surface area (Å²) >= 11 is 0. The predicted molar refractivity (Wildman–Crippen MR) is 58.6 cm³/mol. The lowest BCUT2D eigenvalue weighted by Crippen LogP contribution is -2.38. The Morgan fingerprint density at radius 3 is 2.43 bits per heavy atom. The standard InChI is InChI=1S/C10H21NO2S/c1-8(2)9-5-4-6-10(7-9)11-14(3,12)13/h8-11H,4-7H2,1-3H3/t9-,10+/m0/s1. The van der Waals surface area contributed by atoms with Crippen molar-refractivity contribution in [3.63, 3.8) is 0 Å². The highest BCUT2D eigenvalue weighted by Gasteiger charge is 2.25. The maximum absolute atomic E-state index is 11.1. The van der Waals surface area contributed by atoms with Gasteiger partial charge in [-0.3, -0.25) is 0 Å². The second-order valence-corrected chi connectivity index (χ2v) is 6.54. The van der Waals surface area contributed by atoms with Crippen LogP contribution in [-0.2, 0) is 10.0 Å². The first kappa shape index (κ1) is 12.0. The molecule has 3 nitrogen and oxygen atoms in total.